The molecule has 11 heteroatoms. The fourth-order valence-electron chi connectivity index (χ4n) is 4.98. The lowest BCUT2D eigenvalue weighted by atomic mass is 10.1. The molecule has 0 aromatic heterocycles. The van der Waals surface area contributed by atoms with Crippen LogP contribution in [0.15, 0.2) is 72.4 Å². The molecule has 2 saturated heterocycles. The van der Waals surface area contributed by atoms with Crippen molar-refractivity contribution < 1.29 is 33.4 Å². The van der Waals surface area contributed by atoms with E-state index in [1.807, 2.05) is 29.2 Å². The number of carbonyl (C=O) groups is 4. The number of hydrogen-bond acceptors (Lipinski definition) is 7. The molecule has 0 saturated carbocycles. The summed E-state index contributed by atoms with van der Waals surface area (Å²) < 4.78 is 16.6. The van der Waals surface area contributed by atoms with E-state index >= 15 is 0 Å². The van der Waals surface area contributed by atoms with Crippen LogP contribution in [0.3, 0.4) is 0 Å². The molecule has 5 amide bonds. The van der Waals surface area contributed by atoms with Crippen molar-refractivity contribution in [3.63, 3.8) is 0 Å². The predicted molar refractivity (Wildman–Crippen MR) is 163 cm³/mol. The Kier molecular flexibility index (Phi) is 9.43. The third kappa shape index (κ3) is 7.17. The van der Waals surface area contributed by atoms with Crippen LogP contribution >= 0.6 is 0 Å². The Morgan fingerprint density at radius 2 is 1.61 bits per heavy atom. The summed E-state index contributed by atoms with van der Waals surface area (Å²) in [5.74, 6) is 0.466. The van der Waals surface area contributed by atoms with Gasteiger partial charge in [0, 0.05) is 24.3 Å². The van der Waals surface area contributed by atoms with Gasteiger partial charge in [-0.05, 0) is 85.0 Å². The summed E-state index contributed by atoms with van der Waals surface area (Å²) >= 11 is 0. The fraction of sp³-hybridized carbons (Fsp3) is 0.273. The summed E-state index contributed by atoms with van der Waals surface area (Å²) in [5, 5.41) is 5.18. The third-order valence-corrected chi connectivity index (χ3v) is 7.37. The van der Waals surface area contributed by atoms with Crippen LogP contribution < -0.4 is 24.8 Å². The highest BCUT2D eigenvalue weighted by molar-refractivity contribution is 6.16. The molecule has 0 aliphatic carbocycles. The maximum absolute atomic E-state index is 12.9. The Balaban J connectivity index is 1.18. The molecule has 5 rings (SSSR count). The first-order valence-electron chi connectivity index (χ1n) is 14.3. The second-order valence-corrected chi connectivity index (χ2v) is 10.4. The molecular weight excluding hydrogens is 564 g/mol. The van der Waals surface area contributed by atoms with Gasteiger partial charge in [0.2, 0.25) is 5.91 Å². The second kappa shape index (κ2) is 13.8. The number of hydrogen-bond donors (Lipinski definition) is 2. The Morgan fingerprint density at radius 1 is 0.886 bits per heavy atom. The van der Waals surface area contributed by atoms with Gasteiger partial charge in [0.1, 0.15) is 24.6 Å². The first kappa shape index (κ1) is 30.1. The Hall–Kier alpha value is -5.32. The number of piperidine rings is 1. The van der Waals surface area contributed by atoms with Crippen molar-refractivity contribution in [3.05, 3.63) is 89.1 Å². The van der Waals surface area contributed by atoms with Crippen LogP contribution in [-0.4, -0.2) is 67.4 Å². The van der Waals surface area contributed by atoms with Crippen LogP contribution in [0.1, 0.15) is 40.7 Å². The highest BCUT2D eigenvalue weighted by Gasteiger charge is 2.35. The van der Waals surface area contributed by atoms with Crippen LogP contribution in [0.2, 0.25) is 0 Å². The molecule has 3 aromatic rings. The first-order valence-corrected chi connectivity index (χ1v) is 14.3. The van der Waals surface area contributed by atoms with E-state index in [2.05, 4.69) is 10.6 Å². The molecule has 44 heavy (non-hydrogen) atoms. The van der Waals surface area contributed by atoms with Crippen LogP contribution in [0, 0.1) is 0 Å². The van der Waals surface area contributed by atoms with Gasteiger partial charge in [-0.15, -0.1) is 0 Å². The van der Waals surface area contributed by atoms with Crippen molar-refractivity contribution in [1.29, 1.82) is 0 Å². The van der Waals surface area contributed by atoms with Crippen LogP contribution in [0.5, 0.6) is 17.2 Å². The van der Waals surface area contributed by atoms with Gasteiger partial charge in [-0.25, -0.2) is 9.69 Å². The highest BCUT2D eigenvalue weighted by Crippen LogP contribution is 2.30. The minimum atomic E-state index is -0.693. The number of methoxy groups -OCH3 is 2. The minimum absolute atomic E-state index is 0.0298. The molecular formula is C33H34N4O7. The summed E-state index contributed by atoms with van der Waals surface area (Å²) in [5.41, 5.74) is 2.68. The fourth-order valence-corrected chi connectivity index (χ4v) is 4.98. The number of nitrogens with one attached hydrogen (secondary N) is 2. The zero-order chi connectivity index (χ0) is 31.1. The molecule has 11 nitrogen and oxygen atoms in total. The molecule has 0 bridgehead atoms. The van der Waals surface area contributed by atoms with Crippen molar-refractivity contribution in [2.75, 3.05) is 39.2 Å². The van der Waals surface area contributed by atoms with E-state index in [4.69, 9.17) is 14.2 Å². The number of ether oxygens (including phenoxy) is 3. The van der Waals surface area contributed by atoms with Gasteiger partial charge in [0.25, 0.3) is 11.8 Å². The SMILES string of the molecule is COc1ccc(NC(=O)CN2C(=O)N/C(=C\c3ccc(OCc4ccc(C(=O)N5CCCCC5)cc4)c(OC)c3)C2=O)cc1. The summed E-state index contributed by atoms with van der Waals surface area (Å²) in [6, 6.07) is 18.5. The quantitative estimate of drug-likeness (QED) is 0.261. The van der Waals surface area contributed by atoms with Crippen molar-refractivity contribution in [1.82, 2.24) is 15.1 Å². The molecule has 0 unspecified atom stereocenters. The van der Waals surface area contributed by atoms with Gasteiger partial charge in [-0.2, -0.15) is 0 Å². The standard InChI is InChI=1S/C33H34N4O7/c1-42-26-13-11-25(12-14-26)34-30(38)20-37-32(40)27(35-33(37)41)18-23-8-15-28(29(19-23)43-2)44-21-22-6-9-24(10-7-22)31(39)36-16-4-3-5-17-36/h6-15,18-19H,3-5,16-17,20-21H2,1-2H3,(H,34,38)(H,35,41)/b27-18-. The normalized spacial score (nSPS) is 15.6. The van der Waals surface area contributed by atoms with E-state index in [0.717, 1.165) is 36.4 Å². The van der Waals surface area contributed by atoms with E-state index < -0.39 is 24.4 Å². The Labute approximate surface area is 255 Å². The molecule has 2 N–H and O–H groups in total. The molecule has 2 aliphatic rings. The van der Waals surface area contributed by atoms with Gasteiger partial charge >= 0.3 is 6.03 Å². The Bertz CT molecular complexity index is 1560. The van der Waals surface area contributed by atoms with Gasteiger partial charge in [0.15, 0.2) is 11.5 Å². The molecule has 2 fully saturated rings. The molecule has 3 aromatic carbocycles. The topological polar surface area (TPSA) is 127 Å². The molecule has 0 spiro atoms. The number of nitrogens with zero attached hydrogens (tertiary/aromatic N) is 2. The summed E-state index contributed by atoms with van der Waals surface area (Å²) in [6.45, 7) is 1.42. The molecule has 228 valence electrons. The largest absolute Gasteiger partial charge is 0.497 e. The average Bonchev–Trinajstić information content (AvgIpc) is 3.31. The van der Waals surface area contributed by atoms with E-state index in [-0.39, 0.29) is 18.2 Å². The predicted octanol–water partition coefficient (Wildman–Crippen LogP) is 4.44. The molecule has 0 atom stereocenters. The highest BCUT2D eigenvalue weighted by atomic mass is 16.5. The lowest BCUT2D eigenvalue weighted by molar-refractivity contribution is -0.127. The van der Waals surface area contributed by atoms with E-state index in [1.54, 1.807) is 42.5 Å². The maximum atomic E-state index is 12.9. The number of anilines is 1. The summed E-state index contributed by atoms with van der Waals surface area (Å²) in [4.78, 5) is 53.4. The zero-order valence-electron chi connectivity index (χ0n) is 24.6. The van der Waals surface area contributed by atoms with Crippen molar-refractivity contribution in [2.24, 2.45) is 0 Å². The summed E-state index contributed by atoms with van der Waals surface area (Å²) in [7, 11) is 3.04. The number of carbonyl (C=O) groups excluding carboxylic acids is 4. The monoisotopic (exact) mass is 598 g/mol. The second-order valence-electron chi connectivity index (χ2n) is 10.4. The summed E-state index contributed by atoms with van der Waals surface area (Å²) in [6.07, 6.45) is 4.76. The van der Waals surface area contributed by atoms with Crippen molar-refractivity contribution in [3.8, 4) is 17.2 Å². The number of likely N-dealkylation sites (tertiary alicyclic amines) is 1. The van der Waals surface area contributed by atoms with E-state index in [0.29, 0.717) is 34.1 Å². The number of imide groups is 1. The van der Waals surface area contributed by atoms with E-state index in [9.17, 15) is 19.2 Å². The van der Waals surface area contributed by atoms with Crippen LogP contribution in [0.25, 0.3) is 6.08 Å². The van der Waals surface area contributed by atoms with Gasteiger partial charge in [-0.3, -0.25) is 14.4 Å². The zero-order valence-corrected chi connectivity index (χ0v) is 24.6. The lowest BCUT2D eigenvalue weighted by Gasteiger charge is -2.26. The third-order valence-electron chi connectivity index (χ3n) is 7.37. The first-order chi connectivity index (χ1) is 21.3. The number of amides is 5. The maximum Gasteiger partial charge on any atom is 0.329 e. The van der Waals surface area contributed by atoms with Gasteiger partial charge in [-0.1, -0.05) is 18.2 Å². The van der Waals surface area contributed by atoms with Crippen molar-refractivity contribution >= 4 is 35.5 Å². The molecule has 0 radical (unpaired) electrons. The van der Waals surface area contributed by atoms with Crippen LogP contribution in [-0.2, 0) is 16.2 Å². The molecule has 2 heterocycles. The smallest absolute Gasteiger partial charge is 0.329 e. The van der Waals surface area contributed by atoms with Crippen LogP contribution in [0.4, 0.5) is 10.5 Å². The average molecular weight is 599 g/mol. The van der Waals surface area contributed by atoms with Crippen molar-refractivity contribution in [2.45, 2.75) is 25.9 Å². The number of benzene rings is 3. The van der Waals surface area contributed by atoms with E-state index in [1.165, 1.54) is 26.7 Å². The number of rotatable bonds is 10. The Morgan fingerprint density at radius 3 is 2.30 bits per heavy atom. The number of urea groups is 1. The van der Waals surface area contributed by atoms with Gasteiger partial charge < -0.3 is 29.7 Å². The molecule has 2 aliphatic heterocycles. The lowest BCUT2D eigenvalue weighted by Crippen LogP contribution is -2.38. The van der Waals surface area contributed by atoms with Gasteiger partial charge in [0.05, 0.1) is 14.2 Å². The minimum Gasteiger partial charge on any atom is -0.497 e.